The molecule has 10 heteroatoms. The fraction of sp³-hybridized carbons (Fsp3) is 0.353. The Hall–Kier alpha value is -6.62. The van der Waals surface area contributed by atoms with Crippen LogP contribution in [0.3, 0.4) is 0 Å². The van der Waals surface area contributed by atoms with Crippen molar-refractivity contribution in [3.8, 4) is 23.0 Å². The van der Waals surface area contributed by atoms with Crippen molar-refractivity contribution in [1.82, 2.24) is 0 Å². The number of phenols is 2. The van der Waals surface area contributed by atoms with E-state index in [1.54, 1.807) is 23.5 Å². The predicted octanol–water partition coefficient (Wildman–Crippen LogP) is 15.9. The highest BCUT2D eigenvalue weighted by Crippen LogP contribution is 2.44. The fourth-order valence-corrected chi connectivity index (χ4v) is 12.0. The molecule has 0 unspecified atom stereocenters. The van der Waals surface area contributed by atoms with Gasteiger partial charge in [0.05, 0.1) is 11.4 Å². The molecule has 0 spiro atoms. The molecule has 5 aliphatic rings. The molecule has 0 radical (unpaired) electrons. The Kier molecular flexibility index (Phi) is 16.0. The highest BCUT2D eigenvalue weighted by molar-refractivity contribution is 7.99. The van der Waals surface area contributed by atoms with Gasteiger partial charge < -0.3 is 30.3 Å². The van der Waals surface area contributed by atoms with Crippen molar-refractivity contribution in [2.24, 2.45) is 0 Å². The molecule has 4 heterocycles. The Morgan fingerprint density at radius 3 is 0.949 bits per heavy atom. The zero-order valence-corrected chi connectivity index (χ0v) is 49.2. The van der Waals surface area contributed by atoms with Gasteiger partial charge in [-0.2, -0.15) is 0 Å². The van der Waals surface area contributed by atoms with Crippen LogP contribution in [-0.4, -0.2) is 35.2 Å². The number of benzene rings is 7. The van der Waals surface area contributed by atoms with Crippen molar-refractivity contribution in [3.05, 3.63) is 199 Å². The van der Waals surface area contributed by atoms with Gasteiger partial charge in [0, 0.05) is 47.0 Å². The van der Waals surface area contributed by atoms with E-state index < -0.39 is 0 Å². The van der Waals surface area contributed by atoms with E-state index in [9.17, 15) is 19.8 Å². The van der Waals surface area contributed by atoms with Crippen LogP contribution in [0.25, 0.3) is 0 Å². The third-order valence-corrected chi connectivity index (χ3v) is 17.1. The van der Waals surface area contributed by atoms with E-state index >= 15 is 0 Å². The van der Waals surface area contributed by atoms with Crippen LogP contribution < -0.4 is 20.1 Å². The molecule has 4 aliphatic heterocycles. The molecule has 7 aromatic carbocycles. The minimum atomic E-state index is -0.306. The van der Waals surface area contributed by atoms with Gasteiger partial charge in [-0.15, -0.1) is 23.5 Å². The number of anilines is 2. The third-order valence-electron chi connectivity index (χ3n) is 14.8. The molecule has 406 valence electrons. The topological polar surface area (TPSA) is 117 Å². The molecule has 0 saturated heterocycles. The van der Waals surface area contributed by atoms with Gasteiger partial charge in [0.25, 0.3) is 11.8 Å². The van der Waals surface area contributed by atoms with Crippen LogP contribution in [0.2, 0.25) is 0 Å². The summed E-state index contributed by atoms with van der Waals surface area (Å²) in [6.07, 6.45) is 1.14. The fourth-order valence-electron chi connectivity index (χ4n) is 10.1. The van der Waals surface area contributed by atoms with E-state index in [-0.39, 0.29) is 83.9 Å². The van der Waals surface area contributed by atoms with Gasteiger partial charge in [-0.1, -0.05) is 180 Å². The van der Waals surface area contributed by atoms with Crippen LogP contribution >= 0.6 is 23.5 Å². The minimum absolute atomic E-state index is 0.160. The number of carbonyl (C=O) groups excluding carboxylic acids is 2. The van der Waals surface area contributed by atoms with Crippen LogP contribution in [-0.2, 0) is 68.4 Å². The number of hydrogen-bond donors (Lipinski definition) is 4. The van der Waals surface area contributed by atoms with E-state index in [0.29, 0.717) is 56.6 Å². The highest BCUT2D eigenvalue weighted by atomic mass is 32.2. The second-order valence-corrected chi connectivity index (χ2v) is 27.3. The maximum atomic E-state index is 14.3. The second kappa shape index (κ2) is 22.3. The summed E-state index contributed by atoms with van der Waals surface area (Å²) in [4.78, 5) is 30.5. The van der Waals surface area contributed by atoms with Crippen LogP contribution in [0.1, 0.15) is 161 Å². The summed E-state index contributed by atoms with van der Waals surface area (Å²) in [7, 11) is 0. The quantitative estimate of drug-likeness (QED) is 0.119. The van der Waals surface area contributed by atoms with Crippen molar-refractivity contribution < 1.29 is 29.3 Å². The van der Waals surface area contributed by atoms with Gasteiger partial charge in [0.15, 0.2) is 13.2 Å². The number of aromatic hydroxyl groups is 2. The molecular weight excluding hydrogens is 1000 g/mol. The molecule has 12 rings (SSSR count). The molecule has 2 amide bonds. The zero-order chi connectivity index (χ0) is 55.9. The van der Waals surface area contributed by atoms with Crippen molar-refractivity contribution in [2.75, 3.05) is 23.8 Å². The van der Waals surface area contributed by atoms with E-state index in [2.05, 4.69) is 167 Å². The Labute approximate surface area is 471 Å². The number of phenolic OH excluding ortho intramolecular Hbond substituents is 2. The summed E-state index contributed by atoms with van der Waals surface area (Å²) in [5.74, 6) is 2.18. The molecule has 0 atom stereocenters. The predicted molar refractivity (Wildman–Crippen MR) is 322 cm³/mol. The van der Waals surface area contributed by atoms with Crippen LogP contribution in [0.5, 0.6) is 23.0 Å². The minimum Gasteiger partial charge on any atom is -0.507 e. The molecule has 1 aliphatic carbocycles. The third kappa shape index (κ3) is 13.1. The lowest BCUT2D eigenvalue weighted by molar-refractivity contribution is -0.118. The SMILES string of the molecule is CC(C)(C)c1cc2c(O)c(c1)Cc1cc(C(C)(C)C)cc3c1OCC(=O)Nc1ccccc1SCc1ccc(cc1)CSc1ccccc1NC(=O)COc1c(cc(C(C)(C)C)cc1Cc1cc(C(C)(C)C)cc(c1O)C3)C2. The van der Waals surface area contributed by atoms with Gasteiger partial charge in [0.2, 0.25) is 0 Å². The van der Waals surface area contributed by atoms with E-state index in [1.165, 1.54) is 0 Å². The van der Waals surface area contributed by atoms with Gasteiger partial charge in [-0.3, -0.25) is 9.59 Å². The number of hydrogen-bond acceptors (Lipinski definition) is 8. The highest BCUT2D eigenvalue weighted by Gasteiger charge is 2.29. The normalized spacial score (nSPS) is 15.0. The largest absolute Gasteiger partial charge is 0.507 e. The lowest BCUT2D eigenvalue weighted by atomic mass is 9.79. The number of rotatable bonds is 0. The Bertz CT molecular complexity index is 3080. The van der Waals surface area contributed by atoms with Crippen molar-refractivity contribution >= 4 is 46.7 Å². The van der Waals surface area contributed by atoms with Crippen molar-refractivity contribution in [1.29, 1.82) is 0 Å². The first-order valence-corrected chi connectivity index (χ1v) is 29.1. The first-order chi connectivity index (χ1) is 36.8. The lowest BCUT2D eigenvalue weighted by Gasteiger charge is -2.28. The average molecular weight is 1080 g/mol. The van der Waals surface area contributed by atoms with Gasteiger partial charge in [0.1, 0.15) is 23.0 Å². The summed E-state index contributed by atoms with van der Waals surface area (Å²) in [5.41, 5.74) is 12.8. The molecule has 78 heavy (non-hydrogen) atoms. The van der Waals surface area contributed by atoms with Crippen LogP contribution in [0.4, 0.5) is 11.4 Å². The summed E-state index contributed by atoms with van der Waals surface area (Å²) < 4.78 is 13.8. The maximum absolute atomic E-state index is 14.3. The molecule has 12 bridgehead atoms. The monoisotopic (exact) mass is 1080 g/mol. The number of amides is 2. The smallest absolute Gasteiger partial charge is 0.262 e. The molecule has 7 aromatic rings. The van der Waals surface area contributed by atoms with Gasteiger partial charge >= 0.3 is 0 Å². The number of thioether (sulfide) groups is 2. The Morgan fingerprint density at radius 1 is 0.397 bits per heavy atom. The number of nitrogens with one attached hydrogen (secondary N) is 2. The summed E-state index contributed by atoms with van der Waals surface area (Å²) in [6, 6.07) is 41.3. The lowest BCUT2D eigenvalue weighted by Crippen LogP contribution is -2.22. The van der Waals surface area contributed by atoms with Crippen molar-refractivity contribution in [3.63, 3.8) is 0 Å². The molecule has 0 fully saturated rings. The molecule has 8 nitrogen and oxygen atoms in total. The van der Waals surface area contributed by atoms with Crippen LogP contribution in [0.15, 0.2) is 131 Å². The molecular formula is C68H76N2O6S2. The number of para-hydroxylation sites is 2. The summed E-state index contributed by atoms with van der Waals surface area (Å²) in [5, 5.41) is 32.0. The maximum Gasteiger partial charge on any atom is 0.262 e. The van der Waals surface area contributed by atoms with E-state index in [0.717, 1.165) is 65.4 Å². The first-order valence-electron chi connectivity index (χ1n) is 27.2. The average Bonchev–Trinajstić information content (AvgIpc) is 3.48. The van der Waals surface area contributed by atoms with Gasteiger partial charge in [-0.25, -0.2) is 0 Å². The van der Waals surface area contributed by atoms with Crippen molar-refractivity contribution in [2.45, 2.75) is 152 Å². The van der Waals surface area contributed by atoms with Gasteiger partial charge in [-0.05, 0) is 124 Å². The number of ether oxygens (including phenoxy) is 2. The standard InChI is InChI=1S/C68H76N2O6S2/c1-65(2,3)51-29-43-25-47-33-53(67(7,8)9)35-49-27-45-31-52(66(4,5)6)32-46(62(45)74)28-50-36-54(68(10,11)12)34-48(26-44(30-51)61(43)73)64(50)76-38-60(72)70-56-18-14-16-20-58(56)78-40-42-23-21-41(22-24-42)39-77-57-19-15-13-17-55(57)69-59(71)37-75-63(47)49/h13-24,29-36,73-74H,25-28,37-40H2,1-12H3,(H,69,71)(H,70,72). The van der Waals surface area contributed by atoms with E-state index in [1.807, 2.05) is 48.5 Å². The molecule has 0 aromatic heterocycles. The second-order valence-electron chi connectivity index (χ2n) is 25.3. The molecule has 4 N–H and O–H groups in total. The Morgan fingerprint density at radius 2 is 0.667 bits per heavy atom. The molecule has 0 saturated carbocycles. The Balaban J connectivity index is 1.29. The first kappa shape index (κ1) is 56.1. The summed E-state index contributed by atoms with van der Waals surface area (Å²) in [6.45, 7) is 25.6. The van der Waals surface area contributed by atoms with E-state index in [4.69, 9.17) is 9.47 Å². The zero-order valence-electron chi connectivity index (χ0n) is 47.5. The summed E-state index contributed by atoms with van der Waals surface area (Å²) >= 11 is 3.31. The van der Waals surface area contributed by atoms with Crippen LogP contribution in [0, 0.1) is 0 Å². The number of carbonyl (C=O) groups is 2.